The zero-order chi connectivity index (χ0) is 10.6. The summed E-state index contributed by atoms with van der Waals surface area (Å²) >= 11 is 0. The summed E-state index contributed by atoms with van der Waals surface area (Å²) < 4.78 is 1.76. The number of rotatable bonds is 5. The number of hydrogen-bond acceptors (Lipinski definition) is 2. The molecule has 0 amide bonds. The topological polar surface area (TPSA) is 34.9 Å². The minimum absolute atomic E-state index is 0.113. The number of aromatic nitrogens is 2. The number of aryl methyl sites for hydroxylation is 1. The van der Waals surface area contributed by atoms with Crippen molar-refractivity contribution in [3.8, 4) is 0 Å². The molecule has 3 heteroatoms. The van der Waals surface area contributed by atoms with Crippen molar-refractivity contribution >= 4 is 5.78 Å². The van der Waals surface area contributed by atoms with E-state index in [0.717, 1.165) is 25.1 Å². The summed E-state index contributed by atoms with van der Waals surface area (Å²) in [5, 5.41) is 4.09. The second-order valence-corrected chi connectivity index (χ2v) is 3.59. The van der Waals surface area contributed by atoms with Crippen LogP contribution in [0.3, 0.4) is 0 Å². The van der Waals surface area contributed by atoms with Crippen LogP contribution in [0.5, 0.6) is 0 Å². The van der Waals surface area contributed by atoms with Crippen molar-refractivity contribution in [2.24, 2.45) is 5.92 Å². The Labute approximate surface area is 85.1 Å². The van der Waals surface area contributed by atoms with Crippen LogP contribution < -0.4 is 0 Å². The van der Waals surface area contributed by atoms with Crippen LogP contribution in [0.4, 0.5) is 0 Å². The first-order chi connectivity index (χ1) is 6.70. The molecule has 0 aliphatic carbocycles. The average Bonchev–Trinajstić information content (AvgIpc) is 2.64. The monoisotopic (exact) mass is 194 g/mol. The van der Waals surface area contributed by atoms with E-state index in [1.165, 1.54) is 0 Å². The van der Waals surface area contributed by atoms with Gasteiger partial charge in [-0.1, -0.05) is 20.3 Å². The number of nitrogens with zero attached hydrogens (tertiary/aromatic N) is 2. The molecule has 1 aromatic heterocycles. The maximum atomic E-state index is 11.9. The van der Waals surface area contributed by atoms with Gasteiger partial charge in [0.15, 0.2) is 5.78 Å². The van der Waals surface area contributed by atoms with Gasteiger partial charge in [0.05, 0.1) is 0 Å². The number of carbonyl (C=O) groups excluding carboxylic acids is 1. The van der Waals surface area contributed by atoms with Crippen molar-refractivity contribution in [2.75, 3.05) is 0 Å². The van der Waals surface area contributed by atoms with Gasteiger partial charge in [0.25, 0.3) is 0 Å². The minimum atomic E-state index is 0.113. The Morgan fingerprint density at radius 1 is 1.57 bits per heavy atom. The van der Waals surface area contributed by atoms with E-state index in [9.17, 15) is 4.79 Å². The Bertz CT molecular complexity index is 304. The van der Waals surface area contributed by atoms with Gasteiger partial charge in [-0.15, -0.1) is 0 Å². The third-order valence-corrected chi connectivity index (χ3v) is 2.44. The van der Waals surface area contributed by atoms with Crippen molar-refractivity contribution in [3.05, 3.63) is 18.0 Å². The molecular weight excluding hydrogens is 176 g/mol. The summed E-state index contributed by atoms with van der Waals surface area (Å²) in [4.78, 5) is 11.9. The predicted molar refractivity (Wildman–Crippen MR) is 56.3 cm³/mol. The Hall–Kier alpha value is -1.12. The first kappa shape index (κ1) is 11.0. The van der Waals surface area contributed by atoms with Crippen LogP contribution in [0.1, 0.15) is 44.1 Å². The van der Waals surface area contributed by atoms with Crippen LogP contribution >= 0.6 is 0 Å². The molecule has 0 bridgehead atoms. The molecule has 14 heavy (non-hydrogen) atoms. The van der Waals surface area contributed by atoms with E-state index in [-0.39, 0.29) is 11.7 Å². The van der Waals surface area contributed by atoms with Gasteiger partial charge in [0.1, 0.15) is 5.69 Å². The standard InChI is InChI=1S/C11H18N2O/c1-4-6-9(3)11(14)10-7-8-12-13(10)5-2/h7-9H,4-6H2,1-3H3. The van der Waals surface area contributed by atoms with Gasteiger partial charge in [0.2, 0.25) is 0 Å². The summed E-state index contributed by atoms with van der Waals surface area (Å²) in [6, 6.07) is 1.80. The quantitative estimate of drug-likeness (QED) is 0.675. The van der Waals surface area contributed by atoms with Crippen LogP contribution in [0.2, 0.25) is 0 Å². The van der Waals surface area contributed by atoms with E-state index in [4.69, 9.17) is 0 Å². The number of carbonyl (C=O) groups is 1. The normalized spacial score (nSPS) is 12.8. The first-order valence-electron chi connectivity index (χ1n) is 5.26. The third kappa shape index (κ3) is 2.22. The molecule has 1 atom stereocenters. The second kappa shape index (κ2) is 4.94. The lowest BCUT2D eigenvalue weighted by atomic mass is 9.99. The zero-order valence-corrected chi connectivity index (χ0v) is 9.16. The Morgan fingerprint density at radius 3 is 2.86 bits per heavy atom. The molecule has 0 aromatic carbocycles. The number of ketones is 1. The van der Waals surface area contributed by atoms with Gasteiger partial charge in [-0.05, 0) is 19.4 Å². The molecule has 1 heterocycles. The van der Waals surface area contributed by atoms with E-state index < -0.39 is 0 Å². The van der Waals surface area contributed by atoms with E-state index >= 15 is 0 Å². The summed E-state index contributed by atoms with van der Waals surface area (Å²) in [6.07, 6.45) is 3.69. The van der Waals surface area contributed by atoms with Gasteiger partial charge >= 0.3 is 0 Å². The van der Waals surface area contributed by atoms with Gasteiger partial charge in [0, 0.05) is 18.7 Å². The molecule has 0 saturated heterocycles. The van der Waals surface area contributed by atoms with Gasteiger partial charge in [-0.25, -0.2) is 0 Å². The lowest BCUT2D eigenvalue weighted by Crippen LogP contribution is -2.16. The van der Waals surface area contributed by atoms with Crippen molar-refractivity contribution < 1.29 is 4.79 Å². The molecule has 0 saturated carbocycles. The molecule has 1 unspecified atom stereocenters. The van der Waals surface area contributed by atoms with Crippen molar-refractivity contribution in [3.63, 3.8) is 0 Å². The van der Waals surface area contributed by atoms with Crippen LogP contribution in [0.15, 0.2) is 12.3 Å². The molecule has 3 nitrogen and oxygen atoms in total. The highest BCUT2D eigenvalue weighted by atomic mass is 16.1. The zero-order valence-electron chi connectivity index (χ0n) is 9.16. The minimum Gasteiger partial charge on any atom is -0.292 e. The molecule has 0 N–H and O–H groups in total. The average molecular weight is 194 g/mol. The van der Waals surface area contributed by atoms with Crippen LogP contribution in [-0.4, -0.2) is 15.6 Å². The highest BCUT2D eigenvalue weighted by molar-refractivity contribution is 5.96. The van der Waals surface area contributed by atoms with Crippen molar-refractivity contribution in [1.29, 1.82) is 0 Å². The Kier molecular flexibility index (Phi) is 3.86. The number of Topliss-reactive ketones (excluding diaryl/α,β-unsaturated/α-hetero) is 1. The fourth-order valence-electron chi connectivity index (χ4n) is 1.61. The highest BCUT2D eigenvalue weighted by Gasteiger charge is 2.17. The lowest BCUT2D eigenvalue weighted by Gasteiger charge is -2.09. The Morgan fingerprint density at radius 2 is 2.29 bits per heavy atom. The summed E-state index contributed by atoms with van der Waals surface area (Å²) in [5.74, 6) is 0.327. The lowest BCUT2D eigenvalue weighted by molar-refractivity contribution is 0.0912. The summed E-state index contributed by atoms with van der Waals surface area (Å²) in [5.41, 5.74) is 0.744. The molecular formula is C11H18N2O. The molecule has 0 radical (unpaired) electrons. The molecule has 1 aromatic rings. The first-order valence-corrected chi connectivity index (χ1v) is 5.26. The molecule has 0 aliphatic rings. The smallest absolute Gasteiger partial charge is 0.183 e. The molecule has 0 aliphatic heterocycles. The SMILES string of the molecule is CCCC(C)C(=O)c1ccnn1CC. The van der Waals surface area contributed by atoms with Crippen LogP contribution in [0, 0.1) is 5.92 Å². The van der Waals surface area contributed by atoms with E-state index in [0.29, 0.717) is 0 Å². The maximum Gasteiger partial charge on any atom is 0.183 e. The summed E-state index contributed by atoms with van der Waals surface area (Å²) in [7, 11) is 0. The predicted octanol–water partition coefficient (Wildman–Crippen LogP) is 2.52. The van der Waals surface area contributed by atoms with Crippen molar-refractivity contribution in [2.45, 2.75) is 40.2 Å². The molecule has 78 valence electrons. The Balaban J connectivity index is 2.78. The second-order valence-electron chi connectivity index (χ2n) is 3.59. The van der Waals surface area contributed by atoms with Gasteiger partial charge < -0.3 is 0 Å². The van der Waals surface area contributed by atoms with E-state index in [1.807, 2.05) is 13.8 Å². The molecule has 0 spiro atoms. The number of hydrogen-bond donors (Lipinski definition) is 0. The fourth-order valence-corrected chi connectivity index (χ4v) is 1.61. The highest BCUT2D eigenvalue weighted by Crippen LogP contribution is 2.13. The summed E-state index contributed by atoms with van der Waals surface area (Å²) in [6.45, 7) is 6.83. The molecule has 0 fully saturated rings. The third-order valence-electron chi connectivity index (χ3n) is 2.44. The van der Waals surface area contributed by atoms with Crippen LogP contribution in [0.25, 0.3) is 0 Å². The van der Waals surface area contributed by atoms with Crippen LogP contribution in [-0.2, 0) is 6.54 Å². The largest absolute Gasteiger partial charge is 0.292 e. The maximum absolute atomic E-state index is 11.9. The fraction of sp³-hybridized carbons (Fsp3) is 0.636. The van der Waals surface area contributed by atoms with E-state index in [1.54, 1.807) is 16.9 Å². The van der Waals surface area contributed by atoms with E-state index in [2.05, 4.69) is 12.0 Å². The van der Waals surface area contributed by atoms with Gasteiger partial charge in [-0.3, -0.25) is 9.48 Å². The van der Waals surface area contributed by atoms with Gasteiger partial charge in [-0.2, -0.15) is 5.10 Å². The van der Waals surface area contributed by atoms with Crippen molar-refractivity contribution in [1.82, 2.24) is 9.78 Å². The molecule has 1 rings (SSSR count).